The molecule has 2 aromatic rings. The minimum absolute atomic E-state index is 0.200. The van der Waals surface area contributed by atoms with Gasteiger partial charge in [0.1, 0.15) is 0 Å². The number of aromatic nitrogens is 1. The molecular formula is C23H37N3O2S. The van der Waals surface area contributed by atoms with Gasteiger partial charge in [0, 0.05) is 24.2 Å². The lowest BCUT2D eigenvalue weighted by Gasteiger charge is -2.10. The van der Waals surface area contributed by atoms with E-state index in [1.165, 1.54) is 24.4 Å². The van der Waals surface area contributed by atoms with E-state index < -0.39 is 6.29 Å². The van der Waals surface area contributed by atoms with E-state index in [-0.39, 0.29) is 5.69 Å². The fourth-order valence-electron chi connectivity index (χ4n) is 2.09. The average Bonchev–Trinajstić information content (AvgIpc) is 2.76. The van der Waals surface area contributed by atoms with Crippen molar-refractivity contribution in [2.75, 3.05) is 6.26 Å². The van der Waals surface area contributed by atoms with E-state index in [4.69, 9.17) is 5.41 Å². The molecule has 0 aliphatic rings. The van der Waals surface area contributed by atoms with E-state index in [1.807, 2.05) is 58.2 Å². The topological polar surface area (TPSA) is 89.6 Å². The molecule has 1 aromatic carbocycles. The minimum atomic E-state index is -1.62. The Morgan fingerprint density at radius 1 is 1.17 bits per heavy atom. The Balaban J connectivity index is 0. The molecule has 0 spiro atoms. The molecule has 162 valence electrons. The van der Waals surface area contributed by atoms with E-state index in [0.29, 0.717) is 11.9 Å². The van der Waals surface area contributed by atoms with Crippen molar-refractivity contribution in [1.29, 1.82) is 5.41 Å². The third-order valence-corrected chi connectivity index (χ3v) is 3.41. The number of thioether (sulfide) groups is 1. The molecule has 1 heterocycles. The molecular weight excluding hydrogens is 382 g/mol. The van der Waals surface area contributed by atoms with Crippen molar-refractivity contribution in [3.05, 3.63) is 53.4 Å². The lowest BCUT2D eigenvalue weighted by Crippen LogP contribution is -2.02. The van der Waals surface area contributed by atoms with Crippen molar-refractivity contribution in [3.63, 3.8) is 0 Å². The van der Waals surface area contributed by atoms with Gasteiger partial charge in [-0.1, -0.05) is 66.2 Å². The Hall–Kier alpha value is -2.02. The number of rotatable bonds is 6. The molecule has 29 heavy (non-hydrogen) atoms. The molecule has 6 heteroatoms. The first-order chi connectivity index (χ1) is 14.1. The fourth-order valence-corrected chi connectivity index (χ4v) is 2.27. The number of para-hydroxylation sites is 1. The highest BCUT2D eigenvalue weighted by atomic mass is 32.2. The summed E-state index contributed by atoms with van der Waals surface area (Å²) in [5.74, 6) is 0. The average molecular weight is 420 g/mol. The largest absolute Gasteiger partial charge is 0.363 e. The predicted molar refractivity (Wildman–Crippen MR) is 130 cm³/mol. The first kappa shape index (κ1) is 29.2. The van der Waals surface area contributed by atoms with Gasteiger partial charge in [-0.2, -0.15) is 0 Å². The van der Waals surface area contributed by atoms with Gasteiger partial charge in [-0.15, -0.1) is 11.8 Å². The number of pyridine rings is 1. The predicted octanol–water partition coefficient (Wildman–Crippen LogP) is 6.15. The quantitative estimate of drug-likeness (QED) is 0.297. The van der Waals surface area contributed by atoms with Crippen LogP contribution in [0.5, 0.6) is 0 Å². The van der Waals surface area contributed by atoms with Crippen LogP contribution >= 0.6 is 11.8 Å². The van der Waals surface area contributed by atoms with Crippen LogP contribution < -0.4 is 0 Å². The summed E-state index contributed by atoms with van der Waals surface area (Å²) in [6.07, 6.45) is 4.89. The molecule has 3 N–H and O–H groups in total. The lowest BCUT2D eigenvalue weighted by molar-refractivity contribution is -0.0456. The van der Waals surface area contributed by atoms with Crippen LogP contribution in [0.1, 0.15) is 65.5 Å². The maximum Gasteiger partial charge on any atom is 0.196 e. The van der Waals surface area contributed by atoms with Crippen molar-refractivity contribution in [2.45, 2.75) is 60.7 Å². The normalized spacial score (nSPS) is 10.5. The van der Waals surface area contributed by atoms with Gasteiger partial charge in [0.25, 0.3) is 0 Å². The zero-order valence-electron chi connectivity index (χ0n) is 18.8. The molecule has 0 saturated heterocycles. The van der Waals surface area contributed by atoms with Crippen LogP contribution in [0.15, 0.2) is 47.1 Å². The van der Waals surface area contributed by atoms with Crippen LogP contribution in [0.3, 0.4) is 0 Å². The number of nitrogens with zero attached hydrogens (tertiary/aromatic N) is 2. The number of fused-ring (bicyclic) bond motifs is 1. The van der Waals surface area contributed by atoms with E-state index in [9.17, 15) is 10.2 Å². The third kappa shape index (κ3) is 11.5. The Morgan fingerprint density at radius 2 is 1.76 bits per heavy atom. The summed E-state index contributed by atoms with van der Waals surface area (Å²) in [4.78, 5) is 8.34. The molecule has 0 unspecified atom stereocenters. The maximum absolute atomic E-state index is 9.38. The summed E-state index contributed by atoms with van der Waals surface area (Å²) >= 11 is 1.48. The molecule has 1 aromatic heterocycles. The minimum Gasteiger partial charge on any atom is -0.363 e. The Labute approximate surface area is 180 Å². The highest BCUT2D eigenvalue weighted by Crippen LogP contribution is 2.23. The van der Waals surface area contributed by atoms with Crippen molar-refractivity contribution < 1.29 is 10.2 Å². The Morgan fingerprint density at radius 3 is 2.28 bits per heavy atom. The van der Waals surface area contributed by atoms with Gasteiger partial charge in [-0.25, -0.2) is 4.98 Å². The van der Waals surface area contributed by atoms with E-state index >= 15 is 0 Å². The molecule has 5 nitrogen and oxygen atoms in total. The van der Waals surface area contributed by atoms with Crippen LogP contribution in [0, 0.1) is 5.41 Å². The smallest absolute Gasteiger partial charge is 0.196 e. The Bertz CT molecular complexity index is 744. The van der Waals surface area contributed by atoms with Crippen molar-refractivity contribution >= 4 is 34.4 Å². The zero-order valence-corrected chi connectivity index (χ0v) is 19.6. The van der Waals surface area contributed by atoms with Gasteiger partial charge in [0.2, 0.25) is 0 Å². The SMILES string of the molecule is CC.CC.CCC.CSC=N/C=C(\C=N)Cc1cc(C(O)O)nc2ccccc12. The van der Waals surface area contributed by atoms with Crippen molar-refractivity contribution in [1.82, 2.24) is 4.98 Å². The van der Waals surface area contributed by atoms with Crippen LogP contribution in [-0.2, 0) is 6.42 Å². The zero-order chi connectivity index (χ0) is 22.7. The fraction of sp³-hybridized carbons (Fsp3) is 0.435. The maximum atomic E-state index is 9.38. The van der Waals surface area contributed by atoms with Crippen LogP contribution in [0.25, 0.3) is 10.9 Å². The molecule has 0 atom stereocenters. The van der Waals surface area contributed by atoms with Gasteiger partial charge in [-0.3, -0.25) is 4.99 Å². The van der Waals surface area contributed by atoms with E-state index in [2.05, 4.69) is 23.8 Å². The summed E-state index contributed by atoms with van der Waals surface area (Å²) in [5, 5.41) is 27.2. The van der Waals surface area contributed by atoms with Crippen LogP contribution in [-0.4, -0.2) is 33.2 Å². The second kappa shape index (κ2) is 19.3. The number of aliphatic hydroxyl groups is 2. The monoisotopic (exact) mass is 419 g/mol. The molecule has 2 rings (SSSR count). The molecule has 0 fully saturated rings. The number of nitrogens with one attached hydrogen (secondary N) is 1. The first-order valence-electron chi connectivity index (χ1n) is 10.1. The van der Waals surface area contributed by atoms with Crippen molar-refractivity contribution in [3.8, 4) is 0 Å². The molecule has 0 aliphatic carbocycles. The lowest BCUT2D eigenvalue weighted by atomic mass is 10.0. The number of hydrogen-bond donors (Lipinski definition) is 3. The van der Waals surface area contributed by atoms with E-state index in [1.54, 1.807) is 17.8 Å². The third-order valence-electron chi connectivity index (χ3n) is 3.07. The standard InChI is InChI=1S/C16H17N3O2S.C3H8.2C2H6/c1-22-10-18-9-11(8-17)6-12-7-15(16(20)21)19-14-5-3-2-4-13(12)14;1-3-2;2*1-2/h2-5,7-10,16-17,20-21H,6H2,1H3;3H2,1-2H3;2*1-2H3/b11-9-,17-8?,18-10?;;;. The first-order valence-corrected chi connectivity index (χ1v) is 11.3. The Kier molecular flexibility index (Phi) is 19.4. The number of aliphatic imine (C=N–C) groups is 1. The molecule has 0 amide bonds. The second-order valence-corrected chi connectivity index (χ2v) is 6.00. The number of hydrogen-bond acceptors (Lipinski definition) is 6. The van der Waals surface area contributed by atoms with Gasteiger partial charge < -0.3 is 15.6 Å². The number of allylic oxidation sites excluding steroid dienone is 1. The summed E-state index contributed by atoms with van der Waals surface area (Å²) in [7, 11) is 0. The molecule has 0 aliphatic heterocycles. The number of aliphatic hydroxyl groups excluding tert-OH is 1. The van der Waals surface area contributed by atoms with Gasteiger partial charge in [0.15, 0.2) is 6.29 Å². The van der Waals surface area contributed by atoms with Gasteiger partial charge >= 0.3 is 0 Å². The van der Waals surface area contributed by atoms with Crippen molar-refractivity contribution in [2.24, 2.45) is 4.99 Å². The highest BCUT2D eigenvalue weighted by molar-refractivity contribution is 8.11. The summed E-state index contributed by atoms with van der Waals surface area (Å²) in [6, 6.07) is 9.16. The summed E-state index contributed by atoms with van der Waals surface area (Å²) in [5.41, 5.74) is 4.19. The van der Waals surface area contributed by atoms with E-state index in [0.717, 1.165) is 16.5 Å². The molecule has 0 radical (unpaired) electrons. The van der Waals surface area contributed by atoms with Gasteiger partial charge in [-0.05, 0) is 29.5 Å². The molecule has 0 bridgehead atoms. The summed E-state index contributed by atoms with van der Waals surface area (Å²) in [6.45, 7) is 12.2. The summed E-state index contributed by atoms with van der Waals surface area (Å²) < 4.78 is 0. The van der Waals surface area contributed by atoms with Crippen LogP contribution in [0.4, 0.5) is 0 Å². The highest BCUT2D eigenvalue weighted by Gasteiger charge is 2.11. The van der Waals surface area contributed by atoms with Crippen LogP contribution in [0.2, 0.25) is 0 Å². The molecule has 0 saturated carbocycles. The van der Waals surface area contributed by atoms with Gasteiger partial charge in [0.05, 0.1) is 16.8 Å². The second-order valence-electron chi connectivity index (χ2n) is 5.32. The number of benzene rings is 1.